The molecule has 1 amide bonds. The molecule has 3 N–H and O–H groups in total. The predicted molar refractivity (Wildman–Crippen MR) is 71.3 cm³/mol. The van der Waals surface area contributed by atoms with Crippen molar-refractivity contribution in [2.24, 2.45) is 0 Å². The van der Waals surface area contributed by atoms with Crippen molar-refractivity contribution in [2.75, 3.05) is 18.5 Å². The van der Waals surface area contributed by atoms with Gasteiger partial charge in [0.2, 0.25) is 0 Å². The van der Waals surface area contributed by atoms with E-state index in [2.05, 4.69) is 10.6 Å². The van der Waals surface area contributed by atoms with Gasteiger partial charge in [0.15, 0.2) is 0 Å². The van der Waals surface area contributed by atoms with E-state index in [0.717, 1.165) is 0 Å². The summed E-state index contributed by atoms with van der Waals surface area (Å²) < 4.78 is 0. The van der Waals surface area contributed by atoms with Crippen LogP contribution >= 0.6 is 0 Å². The molecule has 0 aliphatic heterocycles. The lowest BCUT2D eigenvalue weighted by molar-refractivity contribution is -0.384. The zero-order valence-corrected chi connectivity index (χ0v) is 10.8. The number of nitro groups is 1. The molecule has 0 saturated heterocycles. The number of hydrogen-bond acceptors (Lipinski definition) is 5. The summed E-state index contributed by atoms with van der Waals surface area (Å²) in [5.41, 5.74) is 0.319. The maximum absolute atomic E-state index is 11.6. The van der Waals surface area contributed by atoms with Gasteiger partial charge in [-0.15, -0.1) is 0 Å². The Morgan fingerprint density at radius 3 is 2.74 bits per heavy atom. The summed E-state index contributed by atoms with van der Waals surface area (Å²) in [4.78, 5) is 22.1. The lowest BCUT2D eigenvalue weighted by Gasteiger charge is -2.13. The third-order valence-corrected chi connectivity index (χ3v) is 2.47. The van der Waals surface area contributed by atoms with Crippen LogP contribution < -0.4 is 10.6 Å². The van der Waals surface area contributed by atoms with Crippen LogP contribution in [0.4, 0.5) is 11.4 Å². The number of carbonyl (C=O) groups excluding carboxylic acids is 1. The molecule has 1 rings (SSSR count). The molecule has 1 atom stereocenters. The van der Waals surface area contributed by atoms with Gasteiger partial charge >= 0.3 is 0 Å². The van der Waals surface area contributed by atoms with E-state index >= 15 is 0 Å². The minimum Gasteiger partial charge on any atom is -0.394 e. The Labute approximate surface area is 110 Å². The molecule has 1 aromatic carbocycles. The number of amides is 1. The molecule has 0 fully saturated rings. The molecule has 0 bridgehead atoms. The third kappa shape index (κ3) is 3.92. The van der Waals surface area contributed by atoms with Gasteiger partial charge < -0.3 is 15.7 Å². The quantitative estimate of drug-likeness (QED) is 0.529. The molecular weight excluding hydrogens is 250 g/mol. The fourth-order valence-electron chi connectivity index (χ4n) is 1.52. The summed E-state index contributed by atoms with van der Waals surface area (Å²) in [7, 11) is 0. The van der Waals surface area contributed by atoms with E-state index in [9.17, 15) is 14.9 Å². The largest absolute Gasteiger partial charge is 0.394 e. The van der Waals surface area contributed by atoms with Crippen molar-refractivity contribution in [2.45, 2.75) is 19.9 Å². The van der Waals surface area contributed by atoms with E-state index < -0.39 is 4.92 Å². The molecule has 0 aliphatic rings. The molecule has 0 aliphatic carbocycles. The first-order chi connectivity index (χ1) is 8.99. The number of aliphatic hydroxyl groups excluding tert-OH is 1. The smallest absolute Gasteiger partial charge is 0.293 e. The molecule has 1 aromatic rings. The number of aliphatic hydroxyl groups is 1. The van der Waals surface area contributed by atoms with Gasteiger partial charge in [0.05, 0.1) is 11.5 Å². The third-order valence-electron chi connectivity index (χ3n) is 2.47. The van der Waals surface area contributed by atoms with Gasteiger partial charge in [-0.05, 0) is 26.0 Å². The van der Waals surface area contributed by atoms with Crippen LogP contribution in [0.3, 0.4) is 0 Å². The molecule has 0 radical (unpaired) electrons. The van der Waals surface area contributed by atoms with Crippen molar-refractivity contribution in [3.63, 3.8) is 0 Å². The van der Waals surface area contributed by atoms with E-state index in [0.29, 0.717) is 6.54 Å². The Balaban J connectivity index is 3.07. The van der Waals surface area contributed by atoms with Crippen molar-refractivity contribution in [1.82, 2.24) is 5.32 Å². The number of nitrogens with one attached hydrogen (secondary N) is 2. The molecule has 0 spiro atoms. The van der Waals surface area contributed by atoms with E-state index in [1.54, 1.807) is 13.8 Å². The Bertz CT molecular complexity index is 476. The fraction of sp³-hybridized carbons (Fsp3) is 0.417. The topological polar surface area (TPSA) is 104 Å². The summed E-state index contributed by atoms with van der Waals surface area (Å²) in [5, 5.41) is 25.3. The molecular formula is C12H17N3O4. The van der Waals surface area contributed by atoms with Gasteiger partial charge in [0.1, 0.15) is 5.69 Å². The predicted octanol–water partition coefficient (Wildman–Crippen LogP) is 1.14. The summed E-state index contributed by atoms with van der Waals surface area (Å²) >= 11 is 0. The van der Waals surface area contributed by atoms with Crippen LogP contribution in [-0.2, 0) is 0 Å². The number of nitro benzene ring substituents is 1. The first-order valence-electron chi connectivity index (χ1n) is 5.93. The molecule has 7 nitrogen and oxygen atoms in total. The second-order valence-corrected chi connectivity index (χ2v) is 4.08. The minimum atomic E-state index is -0.560. The van der Waals surface area contributed by atoms with Gasteiger partial charge in [-0.2, -0.15) is 0 Å². The Kier molecular flexibility index (Phi) is 5.25. The molecule has 0 aromatic heterocycles. The van der Waals surface area contributed by atoms with Crippen LogP contribution in [0.1, 0.15) is 24.2 Å². The fourth-order valence-corrected chi connectivity index (χ4v) is 1.52. The van der Waals surface area contributed by atoms with E-state index in [1.165, 1.54) is 18.2 Å². The first kappa shape index (κ1) is 14.9. The van der Waals surface area contributed by atoms with E-state index in [-0.39, 0.29) is 35.5 Å². The van der Waals surface area contributed by atoms with Gasteiger partial charge in [-0.1, -0.05) is 0 Å². The molecule has 0 heterocycles. The monoisotopic (exact) mass is 267 g/mol. The van der Waals surface area contributed by atoms with Crippen molar-refractivity contribution in [3.05, 3.63) is 33.9 Å². The summed E-state index contributed by atoms with van der Waals surface area (Å²) in [5.74, 6) is -0.354. The SMILES string of the molecule is CCNC(=O)c1ccc(NC(C)CO)c([N+](=O)[O-])c1. The average molecular weight is 267 g/mol. The van der Waals surface area contributed by atoms with Crippen molar-refractivity contribution in [3.8, 4) is 0 Å². The van der Waals surface area contributed by atoms with Gasteiger partial charge in [0.25, 0.3) is 11.6 Å². The normalized spacial score (nSPS) is 11.7. The number of carbonyl (C=O) groups is 1. The molecule has 7 heteroatoms. The van der Waals surface area contributed by atoms with Crippen LogP contribution in [0.15, 0.2) is 18.2 Å². The number of anilines is 1. The van der Waals surface area contributed by atoms with Crippen LogP contribution in [0, 0.1) is 10.1 Å². The lowest BCUT2D eigenvalue weighted by Crippen LogP contribution is -2.23. The van der Waals surface area contributed by atoms with Crippen LogP contribution in [0.25, 0.3) is 0 Å². The molecule has 104 valence electrons. The number of benzene rings is 1. The number of rotatable bonds is 6. The summed E-state index contributed by atoms with van der Waals surface area (Å²) in [6.07, 6.45) is 0. The standard InChI is InChI=1S/C12H17N3O4/c1-3-13-12(17)9-4-5-10(14-8(2)7-16)11(6-9)15(18)19/h4-6,8,14,16H,3,7H2,1-2H3,(H,13,17). The number of nitrogens with zero attached hydrogens (tertiary/aromatic N) is 1. The number of hydrogen-bond donors (Lipinski definition) is 3. The van der Waals surface area contributed by atoms with Crippen molar-refractivity contribution < 1.29 is 14.8 Å². The molecule has 19 heavy (non-hydrogen) atoms. The highest BCUT2D eigenvalue weighted by Crippen LogP contribution is 2.26. The maximum Gasteiger partial charge on any atom is 0.293 e. The zero-order chi connectivity index (χ0) is 14.4. The highest BCUT2D eigenvalue weighted by atomic mass is 16.6. The lowest BCUT2D eigenvalue weighted by atomic mass is 10.1. The maximum atomic E-state index is 11.6. The Hall–Kier alpha value is -2.15. The van der Waals surface area contributed by atoms with Crippen molar-refractivity contribution >= 4 is 17.3 Å². The highest BCUT2D eigenvalue weighted by molar-refractivity contribution is 5.95. The van der Waals surface area contributed by atoms with E-state index in [4.69, 9.17) is 5.11 Å². The van der Waals surface area contributed by atoms with Crippen molar-refractivity contribution in [1.29, 1.82) is 0 Å². The minimum absolute atomic E-state index is 0.144. The zero-order valence-electron chi connectivity index (χ0n) is 10.8. The average Bonchev–Trinajstić information content (AvgIpc) is 2.38. The molecule has 0 saturated carbocycles. The highest BCUT2D eigenvalue weighted by Gasteiger charge is 2.18. The molecule has 1 unspecified atom stereocenters. The Morgan fingerprint density at radius 2 is 2.21 bits per heavy atom. The first-order valence-corrected chi connectivity index (χ1v) is 5.93. The van der Waals surface area contributed by atoms with Gasteiger partial charge in [-0.3, -0.25) is 14.9 Å². The van der Waals surface area contributed by atoms with E-state index in [1.807, 2.05) is 0 Å². The van der Waals surface area contributed by atoms with Crippen LogP contribution in [0.2, 0.25) is 0 Å². The Morgan fingerprint density at radius 1 is 1.53 bits per heavy atom. The summed E-state index contributed by atoms with van der Waals surface area (Å²) in [6.45, 7) is 3.77. The van der Waals surface area contributed by atoms with Crippen LogP contribution in [0.5, 0.6) is 0 Å². The van der Waals surface area contributed by atoms with Crippen LogP contribution in [-0.4, -0.2) is 35.1 Å². The van der Waals surface area contributed by atoms with Gasteiger partial charge in [-0.25, -0.2) is 0 Å². The summed E-state index contributed by atoms with van der Waals surface area (Å²) in [6, 6.07) is 3.88. The second kappa shape index (κ2) is 6.69. The van der Waals surface area contributed by atoms with Gasteiger partial charge in [0, 0.05) is 24.2 Å². The second-order valence-electron chi connectivity index (χ2n) is 4.08.